The van der Waals surface area contributed by atoms with Gasteiger partial charge in [-0.05, 0) is 81.4 Å². The lowest BCUT2D eigenvalue weighted by Crippen LogP contribution is -2.32. The van der Waals surface area contributed by atoms with Gasteiger partial charge >= 0.3 is 0 Å². The van der Waals surface area contributed by atoms with Crippen molar-refractivity contribution >= 4 is 11.7 Å². The number of likely N-dealkylation sites (tertiary alicyclic amines) is 1. The minimum atomic E-state index is -0.226. The molecule has 166 valence electrons. The molecule has 8 heteroatoms. The van der Waals surface area contributed by atoms with E-state index in [0.29, 0.717) is 23.0 Å². The Balaban J connectivity index is 1.16. The molecule has 5 rings (SSSR count). The van der Waals surface area contributed by atoms with Crippen molar-refractivity contribution in [3.05, 3.63) is 54.1 Å². The van der Waals surface area contributed by atoms with Crippen molar-refractivity contribution < 1.29 is 19.0 Å². The van der Waals surface area contributed by atoms with Crippen molar-refractivity contribution in [1.29, 1.82) is 0 Å². The van der Waals surface area contributed by atoms with E-state index in [1.165, 1.54) is 0 Å². The first-order valence-electron chi connectivity index (χ1n) is 10.8. The molecular formula is C24H26N4O4. The molecule has 3 aromatic rings. The van der Waals surface area contributed by atoms with Gasteiger partial charge in [0.05, 0.1) is 12.3 Å². The van der Waals surface area contributed by atoms with Crippen molar-refractivity contribution in [2.24, 2.45) is 5.92 Å². The Labute approximate surface area is 186 Å². The number of hydrogen-bond acceptors (Lipinski definition) is 6. The molecule has 3 heterocycles. The number of nitrogens with zero attached hydrogens (tertiary/aromatic N) is 2. The number of hydrogen-bond donors (Lipinski definition) is 2. The van der Waals surface area contributed by atoms with E-state index in [9.17, 15) is 4.79 Å². The van der Waals surface area contributed by atoms with Crippen LogP contribution in [0.4, 0.5) is 5.82 Å². The third kappa shape index (κ3) is 4.55. The summed E-state index contributed by atoms with van der Waals surface area (Å²) in [7, 11) is 2.15. The fraction of sp³-hybridized carbons (Fsp3) is 0.333. The maximum absolute atomic E-state index is 12.6. The zero-order valence-corrected chi connectivity index (χ0v) is 18.0. The minimum absolute atomic E-state index is 0.226. The zero-order chi connectivity index (χ0) is 21.9. The van der Waals surface area contributed by atoms with E-state index in [1.54, 1.807) is 18.2 Å². The van der Waals surface area contributed by atoms with Crippen LogP contribution >= 0.6 is 0 Å². The lowest BCUT2D eigenvalue weighted by atomic mass is 9.98. The maximum atomic E-state index is 12.6. The van der Waals surface area contributed by atoms with Crippen LogP contribution in [-0.4, -0.2) is 54.5 Å². The standard InChI is InChI=1S/C24H26N4O4/c1-28-10-8-16(9-11-28)14-30-19-5-2-17(3-6-19)24(29)25-23-13-20(26-27-23)18-4-7-21-22(12-18)32-15-31-21/h2-7,12-13,16H,8-11,14-15H2,1H3,(H2,25,26,27,29). The van der Waals surface area contributed by atoms with Gasteiger partial charge < -0.3 is 24.4 Å². The largest absolute Gasteiger partial charge is 0.493 e. The van der Waals surface area contributed by atoms with Crippen molar-refractivity contribution in [2.45, 2.75) is 12.8 Å². The molecule has 1 aromatic heterocycles. The maximum Gasteiger partial charge on any atom is 0.256 e. The molecule has 0 aliphatic carbocycles. The molecule has 8 nitrogen and oxygen atoms in total. The van der Waals surface area contributed by atoms with E-state index in [0.717, 1.165) is 55.3 Å². The second kappa shape index (κ2) is 8.92. The first-order valence-corrected chi connectivity index (χ1v) is 10.8. The van der Waals surface area contributed by atoms with Gasteiger partial charge in [0, 0.05) is 17.2 Å². The van der Waals surface area contributed by atoms with Crippen LogP contribution in [0.25, 0.3) is 11.3 Å². The predicted molar refractivity (Wildman–Crippen MR) is 120 cm³/mol. The molecule has 0 saturated carbocycles. The summed E-state index contributed by atoms with van der Waals surface area (Å²) >= 11 is 0. The highest BCUT2D eigenvalue weighted by Crippen LogP contribution is 2.35. The highest BCUT2D eigenvalue weighted by molar-refractivity contribution is 6.04. The average molecular weight is 434 g/mol. The molecular weight excluding hydrogens is 408 g/mol. The van der Waals surface area contributed by atoms with Gasteiger partial charge in [-0.3, -0.25) is 9.89 Å². The monoisotopic (exact) mass is 434 g/mol. The summed E-state index contributed by atoms with van der Waals surface area (Å²) in [6.45, 7) is 3.19. The van der Waals surface area contributed by atoms with Crippen molar-refractivity contribution in [3.8, 4) is 28.5 Å². The van der Waals surface area contributed by atoms with Gasteiger partial charge in [0.2, 0.25) is 6.79 Å². The minimum Gasteiger partial charge on any atom is -0.493 e. The molecule has 0 bridgehead atoms. The van der Waals surface area contributed by atoms with Gasteiger partial charge in [-0.1, -0.05) is 0 Å². The summed E-state index contributed by atoms with van der Waals surface area (Å²) in [6, 6.07) is 14.7. The lowest BCUT2D eigenvalue weighted by molar-refractivity contribution is 0.102. The summed E-state index contributed by atoms with van der Waals surface area (Å²) in [6.07, 6.45) is 2.32. The average Bonchev–Trinajstić information content (AvgIpc) is 3.48. The highest BCUT2D eigenvalue weighted by Gasteiger charge is 2.18. The molecule has 0 unspecified atom stereocenters. The zero-order valence-electron chi connectivity index (χ0n) is 18.0. The third-order valence-electron chi connectivity index (χ3n) is 5.94. The molecule has 0 radical (unpaired) electrons. The smallest absolute Gasteiger partial charge is 0.256 e. The number of benzene rings is 2. The van der Waals surface area contributed by atoms with Crippen LogP contribution in [-0.2, 0) is 0 Å². The lowest BCUT2D eigenvalue weighted by Gasteiger charge is -2.28. The van der Waals surface area contributed by atoms with Crippen LogP contribution < -0.4 is 19.5 Å². The molecule has 2 aromatic carbocycles. The van der Waals surface area contributed by atoms with Crippen molar-refractivity contribution in [1.82, 2.24) is 15.1 Å². The van der Waals surface area contributed by atoms with Crippen molar-refractivity contribution in [3.63, 3.8) is 0 Å². The normalized spacial score (nSPS) is 16.2. The molecule has 0 spiro atoms. The number of nitrogens with one attached hydrogen (secondary N) is 2. The Kier molecular flexibility index (Phi) is 5.68. The summed E-state index contributed by atoms with van der Waals surface area (Å²) in [5, 5.41) is 9.97. The molecule has 1 saturated heterocycles. The Hall–Kier alpha value is -3.52. The Morgan fingerprint density at radius 1 is 1.12 bits per heavy atom. The topological polar surface area (TPSA) is 88.7 Å². The van der Waals surface area contributed by atoms with Gasteiger partial charge in [0.15, 0.2) is 17.3 Å². The number of H-pyrrole nitrogens is 1. The number of carbonyl (C=O) groups is 1. The summed E-state index contributed by atoms with van der Waals surface area (Å²) in [4.78, 5) is 15.0. The Morgan fingerprint density at radius 3 is 2.72 bits per heavy atom. The molecule has 1 amide bonds. The quantitative estimate of drug-likeness (QED) is 0.614. The number of ether oxygens (including phenoxy) is 3. The van der Waals surface area contributed by atoms with E-state index in [4.69, 9.17) is 14.2 Å². The third-order valence-corrected chi connectivity index (χ3v) is 5.94. The fourth-order valence-corrected chi connectivity index (χ4v) is 3.93. The van der Waals surface area contributed by atoms with Crippen LogP contribution in [0.1, 0.15) is 23.2 Å². The number of aromatic nitrogens is 2. The first kappa shape index (κ1) is 20.4. The van der Waals surface area contributed by atoms with Gasteiger partial charge in [-0.25, -0.2) is 0 Å². The predicted octanol–water partition coefficient (Wildman–Crippen LogP) is 3.78. The van der Waals surface area contributed by atoms with E-state index in [2.05, 4.69) is 27.5 Å². The molecule has 32 heavy (non-hydrogen) atoms. The van der Waals surface area contributed by atoms with E-state index < -0.39 is 0 Å². The van der Waals surface area contributed by atoms with Crippen LogP contribution in [0, 0.1) is 5.92 Å². The number of rotatable bonds is 6. The number of carbonyl (C=O) groups excluding carboxylic acids is 1. The van der Waals surface area contributed by atoms with E-state index in [1.807, 2.05) is 30.3 Å². The second-order valence-electron chi connectivity index (χ2n) is 8.27. The van der Waals surface area contributed by atoms with Crippen LogP contribution in [0.5, 0.6) is 17.2 Å². The van der Waals surface area contributed by atoms with Crippen molar-refractivity contribution in [2.75, 3.05) is 38.9 Å². The Bertz CT molecular complexity index is 1090. The van der Waals surface area contributed by atoms with Crippen LogP contribution in [0.3, 0.4) is 0 Å². The van der Waals surface area contributed by atoms with Gasteiger partial charge in [0.25, 0.3) is 5.91 Å². The van der Waals surface area contributed by atoms with Crippen LogP contribution in [0.2, 0.25) is 0 Å². The molecule has 2 aliphatic rings. The molecule has 2 aliphatic heterocycles. The second-order valence-corrected chi connectivity index (χ2v) is 8.27. The SMILES string of the molecule is CN1CCC(COc2ccc(C(=O)Nc3cc(-c4ccc5c(c4)OCO5)[nH]n3)cc2)CC1. The summed E-state index contributed by atoms with van der Waals surface area (Å²) in [5.41, 5.74) is 2.22. The summed E-state index contributed by atoms with van der Waals surface area (Å²) in [5.74, 6) is 3.01. The van der Waals surface area contributed by atoms with E-state index in [-0.39, 0.29) is 12.7 Å². The van der Waals surface area contributed by atoms with E-state index >= 15 is 0 Å². The van der Waals surface area contributed by atoms with Gasteiger partial charge in [-0.15, -0.1) is 0 Å². The molecule has 1 fully saturated rings. The summed E-state index contributed by atoms with van der Waals surface area (Å²) < 4.78 is 16.7. The highest BCUT2D eigenvalue weighted by atomic mass is 16.7. The van der Waals surface area contributed by atoms with Gasteiger partial charge in [-0.2, -0.15) is 5.10 Å². The molecule has 0 atom stereocenters. The fourth-order valence-electron chi connectivity index (χ4n) is 3.93. The number of fused-ring (bicyclic) bond motifs is 1. The number of aromatic amines is 1. The Morgan fingerprint density at radius 2 is 1.91 bits per heavy atom. The molecule has 2 N–H and O–H groups in total. The number of piperidine rings is 1. The number of amides is 1. The first-order chi connectivity index (χ1) is 15.6. The number of anilines is 1. The van der Waals surface area contributed by atoms with Crippen LogP contribution in [0.15, 0.2) is 48.5 Å². The van der Waals surface area contributed by atoms with Gasteiger partial charge in [0.1, 0.15) is 5.75 Å².